The van der Waals surface area contributed by atoms with Crippen LogP contribution < -0.4 is 0 Å². The molecule has 1 saturated carbocycles. The van der Waals surface area contributed by atoms with Gasteiger partial charge in [-0.2, -0.15) is 0 Å². The van der Waals surface area contributed by atoms with Crippen LogP contribution in [0.3, 0.4) is 0 Å². The van der Waals surface area contributed by atoms with E-state index >= 15 is 0 Å². The fourth-order valence-electron chi connectivity index (χ4n) is 3.83. The molecule has 3 nitrogen and oxygen atoms in total. The van der Waals surface area contributed by atoms with Crippen LogP contribution in [0.4, 0.5) is 0 Å². The number of carboxylic acids is 1. The average Bonchev–Trinajstić information content (AvgIpc) is 2.64. The Kier molecular flexibility index (Phi) is 6.70. The van der Waals surface area contributed by atoms with Gasteiger partial charge in [-0.3, -0.25) is 4.90 Å². The molecule has 138 valence electrons. The number of hydrogen-bond acceptors (Lipinski definition) is 2. The molecule has 0 heterocycles. The molecule has 0 saturated heterocycles. The van der Waals surface area contributed by atoms with E-state index in [1.165, 1.54) is 37.7 Å². The summed E-state index contributed by atoms with van der Waals surface area (Å²) in [5.74, 6) is -0.137. The minimum atomic E-state index is -0.872. The maximum Gasteiger partial charge on any atom is 0.335 e. The van der Waals surface area contributed by atoms with Gasteiger partial charge in [0.05, 0.1) is 5.56 Å². The van der Waals surface area contributed by atoms with Gasteiger partial charge in [-0.25, -0.2) is 4.79 Å². The van der Waals surface area contributed by atoms with Gasteiger partial charge < -0.3 is 5.11 Å². The average molecular weight is 372 g/mol. The van der Waals surface area contributed by atoms with Gasteiger partial charge >= 0.3 is 5.97 Å². The minimum absolute atomic E-state index is 0.353. The van der Waals surface area contributed by atoms with Crippen molar-refractivity contribution >= 4 is 17.6 Å². The second-order valence-corrected chi connectivity index (χ2v) is 7.74. The first-order chi connectivity index (χ1) is 12.6. The van der Waals surface area contributed by atoms with Crippen LogP contribution in [0.1, 0.15) is 53.6 Å². The Hall–Kier alpha value is -1.84. The Morgan fingerprint density at radius 2 is 1.69 bits per heavy atom. The van der Waals surface area contributed by atoms with Crippen LogP contribution in [-0.4, -0.2) is 22.5 Å². The van der Waals surface area contributed by atoms with Crippen LogP contribution in [0.25, 0.3) is 0 Å². The number of hydrogen-bond donors (Lipinski definition) is 1. The van der Waals surface area contributed by atoms with E-state index in [1.54, 1.807) is 12.1 Å². The molecule has 1 aliphatic rings. The highest BCUT2D eigenvalue weighted by molar-refractivity contribution is 6.30. The fourth-order valence-corrected chi connectivity index (χ4v) is 3.95. The number of aromatic carboxylic acids is 1. The van der Waals surface area contributed by atoms with Crippen molar-refractivity contribution in [1.82, 2.24) is 4.90 Å². The zero-order valence-electron chi connectivity index (χ0n) is 15.0. The first-order valence-corrected chi connectivity index (χ1v) is 9.77. The predicted octanol–water partition coefficient (Wildman–Crippen LogP) is 5.62. The van der Waals surface area contributed by atoms with Crippen LogP contribution in [0.15, 0.2) is 48.5 Å². The lowest BCUT2D eigenvalue weighted by Gasteiger charge is -2.30. The minimum Gasteiger partial charge on any atom is -0.478 e. The molecule has 1 aliphatic carbocycles. The fraction of sp³-hybridized carbons (Fsp3) is 0.409. The van der Waals surface area contributed by atoms with Crippen molar-refractivity contribution in [2.75, 3.05) is 6.54 Å². The summed E-state index contributed by atoms with van der Waals surface area (Å²) in [5.41, 5.74) is 2.64. The van der Waals surface area contributed by atoms with E-state index in [4.69, 9.17) is 11.6 Å². The molecule has 0 bridgehead atoms. The Bertz CT molecular complexity index is 723. The molecule has 0 atom stereocenters. The molecule has 0 radical (unpaired) electrons. The van der Waals surface area contributed by atoms with Gasteiger partial charge in [-0.1, -0.05) is 55.1 Å². The summed E-state index contributed by atoms with van der Waals surface area (Å²) in [6.45, 7) is 2.67. The molecule has 0 spiro atoms. The summed E-state index contributed by atoms with van der Waals surface area (Å²) in [6, 6.07) is 15.3. The molecule has 26 heavy (non-hydrogen) atoms. The highest BCUT2D eigenvalue weighted by atomic mass is 35.5. The Morgan fingerprint density at radius 1 is 1.00 bits per heavy atom. The summed E-state index contributed by atoms with van der Waals surface area (Å²) in [4.78, 5) is 13.7. The number of benzene rings is 2. The second kappa shape index (κ2) is 9.20. The number of carboxylic acid groups (broad SMARTS) is 1. The Balaban J connectivity index is 1.73. The van der Waals surface area contributed by atoms with E-state index in [-0.39, 0.29) is 0 Å². The number of nitrogens with zero attached hydrogens (tertiary/aromatic N) is 1. The van der Waals surface area contributed by atoms with Crippen molar-refractivity contribution in [3.05, 3.63) is 70.2 Å². The van der Waals surface area contributed by atoms with Crippen LogP contribution in [-0.2, 0) is 13.1 Å². The van der Waals surface area contributed by atoms with Gasteiger partial charge in [0.2, 0.25) is 0 Å². The highest BCUT2D eigenvalue weighted by Gasteiger charge is 2.18. The van der Waals surface area contributed by atoms with Gasteiger partial charge in [0.1, 0.15) is 0 Å². The molecule has 0 aromatic heterocycles. The number of carbonyl (C=O) groups is 1. The predicted molar refractivity (Wildman–Crippen MR) is 106 cm³/mol. The van der Waals surface area contributed by atoms with Crippen LogP contribution in [0.5, 0.6) is 0 Å². The maximum absolute atomic E-state index is 11.3. The van der Waals surface area contributed by atoms with E-state index in [1.807, 2.05) is 24.3 Å². The van der Waals surface area contributed by atoms with Crippen molar-refractivity contribution in [3.8, 4) is 0 Å². The molecule has 0 unspecified atom stereocenters. The van der Waals surface area contributed by atoms with E-state index in [9.17, 15) is 9.90 Å². The van der Waals surface area contributed by atoms with Gasteiger partial charge in [-0.05, 0) is 54.2 Å². The third-order valence-corrected chi connectivity index (χ3v) is 5.39. The highest BCUT2D eigenvalue weighted by Crippen LogP contribution is 2.26. The molecular weight excluding hydrogens is 346 g/mol. The van der Waals surface area contributed by atoms with Crippen molar-refractivity contribution in [2.45, 2.75) is 45.2 Å². The molecule has 2 aromatic carbocycles. The van der Waals surface area contributed by atoms with E-state index < -0.39 is 5.97 Å². The van der Waals surface area contributed by atoms with Gasteiger partial charge in [0.25, 0.3) is 0 Å². The quantitative estimate of drug-likeness (QED) is 0.686. The first-order valence-electron chi connectivity index (χ1n) is 9.39. The summed E-state index contributed by atoms with van der Waals surface area (Å²) in [5, 5.41) is 9.99. The lowest BCUT2D eigenvalue weighted by Crippen LogP contribution is -2.30. The van der Waals surface area contributed by atoms with E-state index in [0.717, 1.165) is 36.1 Å². The monoisotopic (exact) mass is 371 g/mol. The van der Waals surface area contributed by atoms with Crippen molar-refractivity contribution in [2.24, 2.45) is 5.92 Å². The SMILES string of the molecule is O=C(O)c1cccc(CN(Cc2ccc(Cl)cc2)CC2CCCCC2)c1. The Morgan fingerprint density at radius 3 is 2.38 bits per heavy atom. The topological polar surface area (TPSA) is 40.5 Å². The zero-order valence-corrected chi connectivity index (χ0v) is 15.8. The van der Waals surface area contributed by atoms with Crippen molar-refractivity contribution in [3.63, 3.8) is 0 Å². The molecule has 3 rings (SSSR count). The van der Waals surface area contributed by atoms with Crippen LogP contribution >= 0.6 is 11.6 Å². The molecular formula is C22H26ClNO2. The van der Waals surface area contributed by atoms with Gasteiger partial charge in [0.15, 0.2) is 0 Å². The van der Waals surface area contributed by atoms with E-state index in [2.05, 4.69) is 17.0 Å². The lowest BCUT2D eigenvalue weighted by atomic mass is 9.88. The second-order valence-electron chi connectivity index (χ2n) is 7.31. The summed E-state index contributed by atoms with van der Waals surface area (Å²) in [6.07, 6.45) is 6.61. The van der Waals surface area contributed by atoms with Crippen LogP contribution in [0, 0.1) is 5.92 Å². The zero-order chi connectivity index (χ0) is 18.4. The van der Waals surface area contributed by atoms with Gasteiger partial charge in [0, 0.05) is 24.7 Å². The molecule has 0 amide bonds. The largest absolute Gasteiger partial charge is 0.478 e. The number of halogens is 1. The van der Waals surface area contributed by atoms with Crippen molar-refractivity contribution < 1.29 is 9.90 Å². The molecule has 1 N–H and O–H groups in total. The Labute approximate surface area is 160 Å². The smallest absolute Gasteiger partial charge is 0.335 e. The maximum atomic E-state index is 11.3. The summed E-state index contributed by atoms with van der Waals surface area (Å²) >= 11 is 6.01. The molecule has 1 fully saturated rings. The molecule has 0 aliphatic heterocycles. The van der Waals surface area contributed by atoms with Gasteiger partial charge in [-0.15, -0.1) is 0 Å². The summed E-state index contributed by atoms with van der Waals surface area (Å²) in [7, 11) is 0. The van der Waals surface area contributed by atoms with Crippen LogP contribution in [0.2, 0.25) is 5.02 Å². The molecule has 4 heteroatoms. The summed E-state index contributed by atoms with van der Waals surface area (Å²) < 4.78 is 0. The normalized spacial score (nSPS) is 15.3. The third kappa shape index (κ3) is 5.58. The molecule has 2 aromatic rings. The van der Waals surface area contributed by atoms with E-state index in [0.29, 0.717) is 5.56 Å². The lowest BCUT2D eigenvalue weighted by molar-refractivity contribution is 0.0696. The number of rotatable bonds is 7. The standard InChI is InChI=1S/C22H26ClNO2/c23-21-11-9-18(10-12-21)15-24(14-17-5-2-1-3-6-17)16-19-7-4-8-20(13-19)22(25)26/h4,7-13,17H,1-3,5-6,14-16H2,(H,25,26). The third-order valence-electron chi connectivity index (χ3n) is 5.14. The first kappa shape index (κ1) is 18.9. The van der Waals surface area contributed by atoms with Crippen molar-refractivity contribution in [1.29, 1.82) is 0 Å².